The normalized spacial score (nSPS) is 10.5. The third-order valence-electron chi connectivity index (χ3n) is 4.04. The zero-order valence-corrected chi connectivity index (χ0v) is 16.1. The predicted octanol–water partition coefficient (Wildman–Crippen LogP) is 3.44. The number of nitrogens with zero attached hydrogens (tertiary/aromatic N) is 4. The van der Waals surface area contributed by atoms with E-state index in [-0.39, 0.29) is 11.6 Å². The maximum absolute atomic E-state index is 12.5. The largest absolute Gasteiger partial charge is 0.382 e. The van der Waals surface area contributed by atoms with Gasteiger partial charge in [0.15, 0.2) is 0 Å². The number of pyridine rings is 1. The molecule has 4 rings (SSSR count). The van der Waals surface area contributed by atoms with E-state index in [1.165, 1.54) is 17.5 Å². The Hall–Kier alpha value is -3.85. The Morgan fingerprint density at radius 1 is 1.03 bits per heavy atom. The summed E-state index contributed by atoms with van der Waals surface area (Å²) in [6.45, 7) is 0.544. The van der Waals surface area contributed by atoms with E-state index in [9.17, 15) is 4.79 Å². The van der Waals surface area contributed by atoms with Crippen molar-refractivity contribution in [2.45, 2.75) is 6.54 Å². The fraction of sp³-hybridized carbons (Fsp3) is 0.0500. The van der Waals surface area contributed by atoms with E-state index >= 15 is 0 Å². The number of amides is 1. The molecule has 4 aromatic rings. The highest BCUT2D eigenvalue weighted by Gasteiger charge is 2.10. The Morgan fingerprint density at radius 2 is 1.97 bits per heavy atom. The molecular formula is C20H17N7OS. The highest BCUT2D eigenvalue weighted by atomic mass is 32.1. The molecule has 0 aliphatic rings. The molecule has 1 aromatic carbocycles. The van der Waals surface area contributed by atoms with Gasteiger partial charge in [0.1, 0.15) is 22.2 Å². The fourth-order valence-electron chi connectivity index (χ4n) is 2.62. The van der Waals surface area contributed by atoms with Gasteiger partial charge in [0.05, 0.1) is 18.1 Å². The Morgan fingerprint density at radius 3 is 2.72 bits per heavy atom. The molecule has 8 nitrogen and oxygen atoms in total. The Labute approximate surface area is 170 Å². The van der Waals surface area contributed by atoms with Gasteiger partial charge in [-0.05, 0) is 29.8 Å². The van der Waals surface area contributed by atoms with Crippen molar-refractivity contribution in [3.63, 3.8) is 0 Å². The number of hydrogen-bond donors (Lipinski definition) is 3. The van der Waals surface area contributed by atoms with Crippen LogP contribution in [0, 0.1) is 0 Å². The van der Waals surface area contributed by atoms with E-state index in [2.05, 4.69) is 30.6 Å². The topological polar surface area (TPSA) is 119 Å². The van der Waals surface area contributed by atoms with Gasteiger partial charge in [-0.3, -0.25) is 4.79 Å². The van der Waals surface area contributed by atoms with Crippen molar-refractivity contribution in [3.05, 3.63) is 77.8 Å². The molecule has 0 saturated heterocycles. The number of carbonyl (C=O) groups is 1. The van der Waals surface area contributed by atoms with E-state index in [0.717, 1.165) is 16.3 Å². The van der Waals surface area contributed by atoms with Gasteiger partial charge < -0.3 is 16.4 Å². The van der Waals surface area contributed by atoms with E-state index in [1.54, 1.807) is 18.6 Å². The molecule has 0 saturated carbocycles. The van der Waals surface area contributed by atoms with Crippen LogP contribution >= 0.6 is 11.3 Å². The third-order valence-corrected chi connectivity index (χ3v) is 4.84. The number of nitrogens with one attached hydrogen (secondary N) is 2. The van der Waals surface area contributed by atoms with Crippen LogP contribution in [0.25, 0.3) is 10.7 Å². The monoisotopic (exact) mass is 403 g/mol. The maximum atomic E-state index is 12.5. The van der Waals surface area contributed by atoms with Crippen molar-refractivity contribution in [2.24, 2.45) is 0 Å². The minimum atomic E-state index is -0.329. The summed E-state index contributed by atoms with van der Waals surface area (Å²) in [5.41, 5.74) is 9.12. The number of rotatable bonds is 6. The molecule has 0 fully saturated rings. The molecule has 29 heavy (non-hydrogen) atoms. The summed E-state index contributed by atoms with van der Waals surface area (Å²) < 4.78 is 0. The van der Waals surface area contributed by atoms with Gasteiger partial charge in [-0.1, -0.05) is 12.1 Å². The summed E-state index contributed by atoms with van der Waals surface area (Å²) in [6.07, 6.45) is 6.34. The molecule has 1 amide bonds. The molecule has 9 heteroatoms. The van der Waals surface area contributed by atoms with Crippen molar-refractivity contribution >= 4 is 34.4 Å². The molecule has 4 N–H and O–H groups in total. The molecule has 0 unspecified atom stereocenters. The first kappa shape index (κ1) is 18.5. The van der Waals surface area contributed by atoms with Gasteiger partial charge in [-0.15, -0.1) is 11.3 Å². The molecule has 0 aliphatic heterocycles. The quantitative estimate of drug-likeness (QED) is 0.451. The lowest BCUT2D eigenvalue weighted by atomic mass is 10.2. The fourth-order valence-corrected chi connectivity index (χ4v) is 3.22. The van der Waals surface area contributed by atoms with Crippen LogP contribution in [0.5, 0.6) is 0 Å². The predicted molar refractivity (Wildman–Crippen MR) is 114 cm³/mol. The van der Waals surface area contributed by atoms with E-state index in [4.69, 9.17) is 5.73 Å². The van der Waals surface area contributed by atoms with Gasteiger partial charge >= 0.3 is 0 Å². The highest BCUT2D eigenvalue weighted by Crippen LogP contribution is 2.19. The molecular weight excluding hydrogens is 386 g/mol. The van der Waals surface area contributed by atoms with Crippen molar-refractivity contribution < 1.29 is 4.79 Å². The molecule has 0 bridgehead atoms. The number of aromatic nitrogens is 4. The van der Waals surface area contributed by atoms with Gasteiger partial charge in [0.2, 0.25) is 0 Å². The van der Waals surface area contributed by atoms with Crippen molar-refractivity contribution in [2.75, 3.05) is 16.4 Å². The molecule has 144 valence electrons. The van der Waals surface area contributed by atoms with Crippen LogP contribution in [0.15, 0.2) is 66.6 Å². The zero-order valence-electron chi connectivity index (χ0n) is 15.2. The van der Waals surface area contributed by atoms with Crippen LogP contribution in [-0.4, -0.2) is 25.8 Å². The first-order chi connectivity index (χ1) is 14.2. The zero-order chi connectivity index (χ0) is 20.1. The van der Waals surface area contributed by atoms with Crippen LogP contribution in [0.1, 0.15) is 16.1 Å². The summed E-state index contributed by atoms with van der Waals surface area (Å²) in [7, 11) is 0. The second-order valence-corrected chi connectivity index (χ2v) is 6.96. The standard InChI is InChI=1S/C20H17N7OS/c21-18-15(5-2-6-22-18)24-10-13-3-1-4-14(9-13)27-19(28)16-11-26-17(12-25-16)20-23-7-8-29-20/h1-9,11-12,24H,10H2,(H2,21,22)(H,27,28). The summed E-state index contributed by atoms with van der Waals surface area (Å²) in [4.78, 5) is 29.2. The lowest BCUT2D eigenvalue weighted by Gasteiger charge is -2.10. The highest BCUT2D eigenvalue weighted by molar-refractivity contribution is 7.13. The number of nitrogens with two attached hydrogens (primary N) is 1. The van der Waals surface area contributed by atoms with Gasteiger partial charge in [-0.2, -0.15) is 0 Å². The van der Waals surface area contributed by atoms with Crippen molar-refractivity contribution in [1.82, 2.24) is 19.9 Å². The summed E-state index contributed by atoms with van der Waals surface area (Å²) in [5.74, 6) is 0.113. The summed E-state index contributed by atoms with van der Waals surface area (Å²) in [5, 5.41) is 8.70. The molecule has 0 spiro atoms. The average molecular weight is 403 g/mol. The number of nitrogen functional groups attached to an aromatic ring is 1. The molecule has 3 heterocycles. The lowest BCUT2D eigenvalue weighted by molar-refractivity contribution is 0.102. The maximum Gasteiger partial charge on any atom is 0.275 e. The number of hydrogen-bond acceptors (Lipinski definition) is 8. The van der Waals surface area contributed by atoms with E-state index in [1.807, 2.05) is 41.8 Å². The number of benzene rings is 1. The smallest absolute Gasteiger partial charge is 0.275 e. The molecule has 0 atom stereocenters. The first-order valence-corrected chi connectivity index (χ1v) is 9.63. The molecule has 3 aromatic heterocycles. The van der Waals surface area contributed by atoms with E-state index in [0.29, 0.717) is 23.7 Å². The van der Waals surface area contributed by atoms with Crippen LogP contribution in [0.3, 0.4) is 0 Å². The SMILES string of the molecule is Nc1ncccc1NCc1cccc(NC(=O)c2cnc(-c3nccs3)cn2)c1. The second kappa shape index (κ2) is 8.44. The van der Waals surface area contributed by atoms with E-state index < -0.39 is 0 Å². The van der Waals surface area contributed by atoms with Crippen LogP contribution in [0.2, 0.25) is 0 Å². The second-order valence-electron chi connectivity index (χ2n) is 6.07. The Balaban J connectivity index is 1.41. The minimum Gasteiger partial charge on any atom is -0.382 e. The number of anilines is 3. The first-order valence-electron chi connectivity index (χ1n) is 8.75. The third kappa shape index (κ3) is 4.53. The Bertz CT molecular complexity index is 1110. The number of carbonyl (C=O) groups excluding carboxylic acids is 1. The van der Waals surface area contributed by atoms with Gasteiger partial charge in [0, 0.05) is 30.0 Å². The average Bonchev–Trinajstić information content (AvgIpc) is 3.28. The summed E-state index contributed by atoms with van der Waals surface area (Å²) >= 11 is 1.47. The Kier molecular flexibility index (Phi) is 5.39. The van der Waals surface area contributed by atoms with Gasteiger partial charge in [0.25, 0.3) is 5.91 Å². The van der Waals surface area contributed by atoms with Crippen molar-refractivity contribution in [3.8, 4) is 10.7 Å². The number of thiazole rings is 1. The molecule has 0 radical (unpaired) electrons. The minimum absolute atomic E-state index is 0.233. The summed E-state index contributed by atoms with van der Waals surface area (Å²) in [6, 6.07) is 11.2. The lowest BCUT2D eigenvalue weighted by Crippen LogP contribution is -2.14. The molecule has 0 aliphatic carbocycles. The van der Waals surface area contributed by atoms with Crippen molar-refractivity contribution in [1.29, 1.82) is 0 Å². The van der Waals surface area contributed by atoms with Gasteiger partial charge in [-0.25, -0.2) is 19.9 Å². The van der Waals surface area contributed by atoms with Crippen LogP contribution < -0.4 is 16.4 Å². The van der Waals surface area contributed by atoms with Crippen LogP contribution in [-0.2, 0) is 6.54 Å². The van der Waals surface area contributed by atoms with Crippen LogP contribution in [0.4, 0.5) is 17.2 Å².